The number of sulfonamides is 1. The van der Waals surface area contributed by atoms with E-state index in [1.54, 1.807) is 4.57 Å². The van der Waals surface area contributed by atoms with E-state index in [1.165, 1.54) is 12.3 Å². The van der Waals surface area contributed by atoms with E-state index in [2.05, 4.69) is 4.72 Å². The zero-order valence-corrected chi connectivity index (χ0v) is 13.2. The Morgan fingerprint density at radius 1 is 1.43 bits per heavy atom. The van der Waals surface area contributed by atoms with Gasteiger partial charge in [0.1, 0.15) is 10.6 Å². The Kier molecular flexibility index (Phi) is 4.73. The number of nitrogens with one attached hydrogen (secondary N) is 1. The topological polar surface area (TPSA) is 88.4 Å². The van der Waals surface area contributed by atoms with Crippen LogP contribution in [-0.2, 0) is 10.0 Å². The summed E-state index contributed by atoms with van der Waals surface area (Å²) in [6.07, 6.45) is 5.05. The van der Waals surface area contributed by atoms with Crippen LogP contribution in [0.2, 0.25) is 0 Å². The van der Waals surface area contributed by atoms with Gasteiger partial charge in [0.25, 0.3) is 0 Å². The van der Waals surface area contributed by atoms with Crippen molar-refractivity contribution in [2.75, 3.05) is 6.54 Å². The summed E-state index contributed by atoms with van der Waals surface area (Å²) >= 11 is 0. The Hall–Kier alpha value is -1.34. The van der Waals surface area contributed by atoms with Crippen LogP contribution in [0.15, 0.2) is 17.2 Å². The summed E-state index contributed by atoms with van der Waals surface area (Å²) in [4.78, 5) is 11.3. The maximum atomic E-state index is 12.3. The summed E-state index contributed by atoms with van der Waals surface area (Å²) in [7, 11) is -3.65. The molecule has 0 aromatic carbocycles. The Balaban J connectivity index is 2.20. The SMILES string of the molecule is CCC(CC)CNS(=O)(=O)c1cc(C(=O)O)n(C2CC2)c1. The van der Waals surface area contributed by atoms with Crippen LogP contribution in [0, 0.1) is 5.92 Å². The molecule has 0 spiro atoms. The van der Waals surface area contributed by atoms with Crippen molar-refractivity contribution < 1.29 is 18.3 Å². The van der Waals surface area contributed by atoms with Gasteiger partial charge < -0.3 is 9.67 Å². The van der Waals surface area contributed by atoms with E-state index in [0.29, 0.717) is 12.5 Å². The van der Waals surface area contributed by atoms with Crippen LogP contribution in [0.3, 0.4) is 0 Å². The summed E-state index contributed by atoms with van der Waals surface area (Å²) in [5.74, 6) is -0.799. The lowest BCUT2D eigenvalue weighted by Gasteiger charge is -2.12. The van der Waals surface area contributed by atoms with Gasteiger partial charge in [0, 0.05) is 18.8 Å². The Morgan fingerprint density at radius 2 is 2.05 bits per heavy atom. The minimum atomic E-state index is -3.65. The predicted molar refractivity (Wildman–Crippen MR) is 78.9 cm³/mol. The summed E-state index contributed by atoms with van der Waals surface area (Å²) in [6.45, 7) is 4.43. The molecule has 0 unspecified atom stereocenters. The Bertz CT molecular complexity index is 613. The van der Waals surface area contributed by atoms with Gasteiger partial charge in [-0.05, 0) is 24.8 Å². The molecule has 0 bridgehead atoms. The number of hydrogen-bond acceptors (Lipinski definition) is 3. The fourth-order valence-electron chi connectivity index (χ4n) is 2.32. The first kappa shape index (κ1) is 16.0. The van der Waals surface area contributed by atoms with Crippen molar-refractivity contribution in [3.8, 4) is 0 Å². The molecule has 0 aliphatic heterocycles. The van der Waals surface area contributed by atoms with Crippen LogP contribution >= 0.6 is 0 Å². The van der Waals surface area contributed by atoms with Crippen molar-refractivity contribution in [1.82, 2.24) is 9.29 Å². The minimum absolute atomic E-state index is 0.0396. The molecule has 1 aromatic heterocycles. The third-order valence-corrected chi connectivity index (χ3v) is 5.40. The Morgan fingerprint density at radius 3 is 2.52 bits per heavy atom. The molecule has 1 saturated carbocycles. The van der Waals surface area contributed by atoms with Crippen molar-refractivity contribution in [3.63, 3.8) is 0 Å². The van der Waals surface area contributed by atoms with E-state index in [-0.39, 0.29) is 16.6 Å². The van der Waals surface area contributed by atoms with E-state index in [9.17, 15) is 18.3 Å². The highest BCUT2D eigenvalue weighted by Crippen LogP contribution is 2.37. The molecule has 0 saturated heterocycles. The van der Waals surface area contributed by atoms with Crippen molar-refractivity contribution in [3.05, 3.63) is 18.0 Å². The predicted octanol–water partition coefficient (Wildman–Crippen LogP) is 2.24. The maximum absolute atomic E-state index is 12.3. The van der Waals surface area contributed by atoms with Crippen molar-refractivity contribution >= 4 is 16.0 Å². The molecule has 1 aliphatic rings. The number of nitrogens with zero attached hydrogens (tertiary/aromatic N) is 1. The first-order chi connectivity index (χ1) is 9.89. The average molecular weight is 314 g/mol. The van der Waals surface area contributed by atoms with Crippen molar-refractivity contribution in [2.45, 2.75) is 50.5 Å². The summed E-state index contributed by atoms with van der Waals surface area (Å²) in [6, 6.07) is 1.37. The standard InChI is InChI=1S/C14H22N2O4S/c1-3-10(4-2)8-15-21(19,20)12-7-13(14(17)18)16(9-12)11-5-6-11/h7,9-11,15H,3-6,8H2,1-2H3,(H,17,18). The lowest BCUT2D eigenvalue weighted by Crippen LogP contribution is -2.28. The summed E-state index contributed by atoms with van der Waals surface area (Å²) < 4.78 is 28.7. The first-order valence-corrected chi connectivity index (χ1v) is 8.82. The van der Waals surface area contributed by atoms with Gasteiger partial charge in [-0.1, -0.05) is 26.7 Å². The molecule has 0 radical (unpaired) electrons. The molecule has 1 heterocycles. The van der Waals surface area contributed by atoms with E-state index < -0.39 is 16.0 Å². The molecule has 2 rings (SSSR count). The fourth-order valence-corrected chi connectivity index (χ4v) is 3.46. The van der Waals surface area contributed by atoms with Crippen LogP contribution in [0.25, 0.3) is 0 Å². The lowest BCUT2D eigenvalue weighted by molar-refractivity contribution is 0.0685. The van der Waals surface area contributed by atoms with Gasteiger partial charge in [-0.25, -0.2) is 17.9 Å². The number of aromatic carboxylic acids is 1. The second-order valence-electron chi connectivity index (χ2n) is 5.54. The molecular formula is C14H22N2O4S. The molecular weight excluding hydrogens is 292 g/mol. The average Bonchev–Trinajstić information content (AvgIpc) is 3.17. The number of carboxylic acids is 1. The molecule has 6 nitrogen and oxygen atoms in total. The van der Waals surface area contributed by atoms with Gasteiger partial charge >= 0.3 is 5.97 Å². The second-order valence-corrected chi connectivity index (χ2v) is 7.31. The quantitative estimate of drug-likeness (QED) is 0.770. The second kappa shape index (κ2) is 6.19. The van der Waals surface area contributed by atoms with Gasteiger partial charge in [0.05, 0.1) is 0 Å². The van der Waals surface area contributed by atoms with E-state index in [0.717, 1.165) is 25.7 Å². The van der Waals surface area contributed by atoms with Gasteiger partial charge in [-0.15, -0.1) is 0 Å². The van der Waals surface area contributed by atoms with E-state index >= 15 is 0 Å². The maximum Gasteiger partial charge on any atom is 0.352 e. The summed E-state index contributed by atoms with van der Waals surface area (Å²) in [5, 5.41) is 9.18. The zero-order valence-electron chi connectivity index (χ0n) is 12.4. The largest absolute Gasteiger partial charge is 0.477 e. The highest BCUT2D eigenvalue weighted by molar-refractivity contribution is 7.89. The van der Waals surface area contributed by atoms with Crippen molar-refractivity contribution in [2.24, 2.45) is 5.92 Å². The monoisotopic (exact) mass is 314 g/mol. The number of rotatable bonds is 8. The molecule has 1 fully saturated rings. The van der Waals surface area contributed by atoms with Crippen LogP contribution in [0.4, 0.5) is 0 Å². The van der Waals surface area contributed by atoms with Gasteiger partial charge in [-0.2, -0.15) is 0 Å². The van der Waals surface area contributed by atoms with Gasteiger partial charge in [0.15, 0.2) is 0 Å². The molecule has 1 aromatic rings. The molecule has 118 valence electrons. The minimum Gasteiger partial charge on any atom is -0.477 e. The molecule has 21 heavy (non-hydrogen) atoms. The Labute approximate surface area is 125 Å². The third kappa shape index (κ3) is 3.65. The molecule has 1 aliphatic carbocycles. The number of hydrogen-bond donors (Lipinski definition) is 2. The first-order valence-electron chi connectivity index (χ1n) is 7.33. The fraction of sp³-hybridized carbons (Fsp3) is 0.643. The van der Waals surface area contributed by atoms with E-state index in [4.69, 9.17) is 0 Å². The molecule has 0 amide bonds. The smallest absolute Gasteiger partial charge is 0.352 e. The van der Waals surface area contributed by atoms with Crippen LogP contribution in [0.1, 0.15) is 56.1 Å². The van der Waals surface area contributed by atoms with Crippen LogP contribution < -0.4 is 4.72 Å². The lowest BCUT2D eigenvalue weighted by atomic mass is 10.0. The highest BCUT2D eigenvalue weighted by Gasteiger charge is 2.30. The van der Waals surface area contributed by atoms with Crippen LogP contribution in [0.5, 0.6) is 0 Å². The van der Waals surface area contributed by atoms with Gasteiger partial charge in [0.2, 0.25) is 10.0 Å². The highest BCUT2D eigenvalue weighted by atomic mass is 32.2. The number of carbonyl (C=O) groups is 1. The zero-order chi connectivity index (χ0) is 15.6. The normalized spacial score (nSPS) is 15.6. The molecule has 0 atom stereocenters. The summed E-state index contributed by atoms with van der Waals surface area (Å²) in [5.41, 5.74) is 0.0420. The third-order valence-electron chi connectivity index (χ3n) is 4.01. The van der Waals surface area contributed by atoms with E-state index in [1.807, 2.05) is 13.8 Å². The van der Waals surface area contributed by atoms with Crippen molar-refractivity contribution in [1.29, 1.82) is 0 Å². The number of aromatic nitrogens is 1. The van der Waals surface area contributed by atoms with Crippen LogP contribution in [-0.4, -0.2) is 30.6 Å². The molecule has 2 N–H and O–H groups in total. The number of carboxylic acid groups (broad SMARTS) is 1. The van der Waals surface area contributed by atoms with Gasteiger partial charge in [-0.3, -0.25) is 0 Å². The molecule has 7 heteroatoms.